The number of nitrogens with two attached hydrogens (primary N) is 1. The topological polar surface area (TPSA) is 38.0 Å². The van der Waals surface area contributed by atoms with Crippen LogP contribution < -0.4 is 11.1 Å². The predicted molar refractivity (Wildman–Crippen MR) is 37.2 cm³/mol. The molecule has 0 aliphatic rings. The van der Waals surface area contributed by atoms with E-state index in [0.29, 0.717) is 6.54 Å². The Balaban J connectivity index is 3.28. The second-order valence-corrected chi connectivity index (χ2v) is 2.46. The van der Waals surface area contributed by atoms with E-state index in [2.05, 4.69) is 5.32 Å². The van der Waals surface area contributed by atoms with E-state index in [1.54, 1.807) is 6.92 Å². The third kappa shape index (κ3) is 7.61. The molecule has 0 fully saturated rings. The summed E-state index contributed by atoms with van der Waals surface area (Å²) in [5.74, 6) is 0. The summed E-state index contributed by atoms with van der Waals surface area (Å²) in [6, 6.07) is -0.0441. The quantitative estimate of drug-likeness (QED) is 0.657. The van der Waals surface area contributed by atoms with Crippen molar-refractivity contribution in [3.63, 3.8) is 0 Å². The molecule has 0 rings (SSSR count). The molecule has 11 heavy (non-hydrogen) atoms. The van der Waals surface area contributed by atoms with Gasteiger partial charge in [-0.15, -0.1) is 0 Å². The maximum atomic E-state index is 11.5. The van der Waals surface area contributed by atoms with Crippen LogP contribution in [0.1, 0.15) is 13.3 Å². The molecule has 5 heteroatoms. The van der Waals surface area contributed by atoms with Crippen molar-refractivity contribution in [3.8, 4) is 0 Å². The molecule has 68 valence electrons. The van der Waals surface area contributed by atoms with E-state index >= 15 is 0 Å². The van der Waals surface area contributed by atoms with E-state index in [9.17, 15) is 13.2 Å². The fourth-order valence-corrected chi connectivity index (χ4v) is 0.544. The van der Waals surface area contributed by atoms with Crippen molar-refractivity contribution < 1.29 is 13.2 Å². The van der Waals surface area contributed by atoms with Gasteiger partial charge in [0.2, 0.25) is 0 Å². The highest BCUT2D eigenvalue weighted by molar-refractivity contribution is 4.62. The molecule has 1 atom stereocenters. The molecule has 0 aliphatic carbocycles. The first-order chi connectivity index (χ1) is 4.95. The number of nitrogens with one attached hydrogen (secondary N) is 1. The summed E-state index contributed by atoms with van der Waals surface area (Å²) in [5.41, 5.74) is 5.18. The van der Waals surface area contributed by atoms with Crippen molar-refractivity contribution in [1.82, 2.24) is 5.32 Å². The highest BCUT2D eigenvalue weighted by Gasteiger charge is 2.26. The van der Waals surface area contributed by atoms with Gasteiger partial charge in [-0.1, -0.05) is 0 Å². The largest absolute Gasteiger partial charge is 0.390 e. The van der Waals surface area contributed by atoms with Gasteiger partial charge in [-0.3, -0.25) is 0 Å². The summed E-state index contributed by atoms with van der Waals surface area (Å²) in [6.45, 7) is 2.05. The summed E-state index contributed by atoms with van der Waals surface area (Å²) < 4.78 is 34.6. The maximum absolute atomic E-state index is 11.5. The van der Waals surface area contributed by atoms with Gasteiger partial charge in [-0.2, -0.15) is 13.2 Å². The predicted octanol–water partition coefficient (Wildman–Crippen LogP) is 0.876. The summed E-state index contributed by atoms with van der Waals surface area (Å²) in [4.78, 5) is 0. The lowest BCUT2D eigenvalue weighted by Gasteiger charge is -2.11. The van der Waals surface area contributed by atoms with Crippen molar-refractivity contribution in [3.05, 3.63) is 0 Å². The first kappa shape index (κ1) is 10.7. The number of halogens is 3. The van der Waals surface area contributed by atoms with Gasteiger partial charge in [-0.25, -0.2) is 0 Å². The Morgan fingerprint density at radius 3 is 2.36 bits per heavy atom. The van der Waals surface area contributed by atoms with Crippen LogP contribution in [-0.2, 0) is 0 Å². The van der Waals surface area contributed by atoms with Gasteiger partial charge in [0.1, 0.15) is 0 Å². The van der Waals surface area contributed by atoms with E-state index in [4.69, 9.17) is 5.73 Å². The monoisotopic (exact) mass is 170 g/mol. The van der Waals surface area contributed by atoms with Crippen molar-refractivity contribution in [2.75, 3.05) is 13.1 Å². The Morgan fingerprint density at radius 2 is 2.00 bits per heavy atom. The molecule has 3 N–H and O–H groups in total. The van der Waals surface area contributed by atoms with Crippen molar-refractivity contribution in [2.24, 2.45) is 5.73 Å². The number of hydrogen-bond acceptors (Lipinski definition) is 2. The lowest BCUT2D eigenvalue weighted by Crippen LogP contribution is -2.35. The Kier molecular flexibility index (Phi) is 4.44. The van der Waals surface area contributed by atoms with Crippen LogP contribution in [-0.4, -0.2) is 25.3 Å². The molecule has 0 aliphatic heterocycles. The van der Waals surface area contributed by atoms with Gasteiger partial charge in [-0.05, 0) is 6.92 Å². The molecule has 0 saturated heterocycles. The highest BCUT2D eigenvalue weighted by atomic mass is 19.4. The Bertz CT molecular complexity index is 102. The zero-order chi connectivity index (χ0) is 8.91. The molecule has 0 aromatic carbocycles. The minimum atomic E-state index is -4.07. The molecule has 0 aromatic heterocycles. The third-order valence-electron chi connectivity index (χ3n) is 1.25. The van der Waals surface area contributed by atoms with Crippen molar-refractivity contribution in [1.29, 1.82) is 0 Å². The molecule has 0 unspecified atom stereocenters. The molecule has 0 heterocycles. The van der Waals surface area contributed by atoms with Crippen LogP contribution in [0.4, 0.5) is 13.2 Å². The third-order valence-corrected chi connectivity index (χ3v) is 1.25. The number of rotatable bonds is 4. The van der Waals surface area contributed by atoms with Gasteiger partial charge in [0.05, 0.1) is 6.42 Å². The van der Waals surface area contributed by atoms with Gasteiger partial charge in [0.25, 0.3) is 0 Å². The van der Waals surface area contributed by atoms with Crippen LogP contribution in [0.2, 0.25) is 0 Å². The van der Waals surface area contributed by atoms with Crippen LogP contribution in [0.25, 0.3) is 0 Å². The zero-order valence-electron chi connectivity index (χ0n) is 6.41. The normalized spacial score (nSPS) is 15.0. The zero-order valence-corrected chi connectivity index (χ0v) is 6.41. The SMILES string of the molecule is C[C@H](CN)NCCC(F)(F)F. The van der Waals surface area contributed by atoms with Crippen LogP contribution in [0.3, 0.4) is 0 Å². The molecule has 2 nitrogen and oxygen atoms in total. The second kappa shape index (κ2) is 4.56. The van der Waals surface area contributed by atoms with Crippen LogP contribution in [0.15, 0.2) is 0 Å². The molecule has 0 bridgehead atoms. The van der Waals surface area contributed by atoms with Gasteiger partial charge < -0.3 is 11.1 Å². The van der Waals surface area contributed by atoms with Crippen LogP contribution in [0.5, 0.6) is 0 Å². The Labute approximate surface area is 64.0 Å². The lowest BCUT2D eigenvalue weighted by atomic mass is 10.3. The summed E-state index contributed by atoms with van der Waals surface area (Å²) in [5, 5.41) is 2.64. The minimum Gasteiger partial charge on any atom is -0.329 e. The van der Waals surface area contributed by atoms with Gasteiger partial charge in [0.15, 0.2) is 0 Å². The second-order valence-electron chi connectivity index (χ2n) is 2.46. The smallest absolute Gasteiger partial charge is 0.329 e. The van der Waals surface area contributed by atoms with Crippen LogP contribution in [0, 0.1) is 0 Å². The van der Waals surface area contributed by atoms with Gasteiger partial charge >= 0.3 is 6.18 Å². The van der Waals surface area contributed by atoms with Crippen LogP contribution >= 0.6 is 0 Å². The van der Waals surface area contributed by atoms with E-state index in [-0.39, 0.29) is 12.6 Å². The van der Waals surface area contributed by atoms with Crippen molar-refractivity contribution in [2.45, 2.75) is 25.6 Å². The summed E-state index contributed by atoms with van der Waals surface area (Å²) in [7, 11) is 0. The fourth-order valence-electron chi connectivity index (χ4n) is 0.544. The molecular weight excluding hydrogens is 157 g/mol. The minimum absolute atomic E-state index is 0.0441. The summed E-state index contributed by atoms with van der Waals surface area (Å²) in [6.07, 6.45) is -4.86. The van der Waals surface area contributed by atoms with E-state index < -0.39 is 12.6 Å². The molecule has 0 spiro atoms. The summed E-state index contributed by atoms with van der Waals surface area (Å²) >= 11 is 0. The fraction of sp³-hybridized carbons (Fsp3) is 1.00. The standard InChI is InChI=1S/C6H13F3N2/c1-5(4-10)11-3-2-6(7,8)9/h5,11H,2-4,10H2,1H3/t5-/m1/s1. The average Bonchev–Trinajstić information content (AvgIpc) is 1.85. The first-order valence-corrected chi connectivity index (χ1v) is 3.46. The number of hydrogen-bond donors (Lipinski definition) is 2. The van der Waals surface area contributed by atoms with Crippen molar-refractivity contribution >= 4 is 0 Å². The number of alkyl halides is 3. The van der Waals surface area contributed by atoms with E-state index in [0.717, 1.165) is 0 Å². The molecular formula is C6H13F3N2. The van der Waals surface area contributed by atoms with E-state index in [1.165, 1.54) is 0 Å². The molecule has 0 aromatic rings. The maximum Gasteiger partial charge on any atom is 0.390 e. The van der Waals surface area contributed by atoms with E-state index in [1.807, 2.05) is 0 Å². The highest BCUT2D eigenvalue weighted by Crippen LogP contribution is 2.18. The Hall–Kier alpha value is -0.290. The average molecular weight is 170 g/mol. The van der Waals surface area contributed by atoms with Gasteiger partial charge in [0, 0.05) is 19.1 Å². The molecule has 0 radical (unpaired) electrons. The molecule has 0 amide bonds. The lowest BCUT2D eigenvalue weighted by molar-refractivity contribution is -0.133. The molecule has 0 saturated carbocycles. The first-order valence-electron chi connectivity index (χ1n) is 3.46. The Morgan fingerprint density at radius 1 is 1.45 bits per heavy atom.